The molecule has 0 saturated carbocycles. The van der Waals surface area contributed by atoms with Crippen LogP contribution in [-0.2, 0) is 9.59 Å². The second-order valence-corrected chi connectivity index (χ2v) is 7.88. The first-order valence-electron chi connectivity index (χ1n) is 12.0. The molecule has 8 N–H and O–H groups in total. The van der Waals surface area contributed by atoms with Crippen LogP contribution in [0.3, 0.4) is 0 Å². The minimum atomic E-state index is -1.13. The lowest BCUT2D eigenvalue weighted by atomic mass is 10.1. The van der Waals surface area contributed by atoms with Crippen molar-refractivity contribution in [3.63, 3.8) is 0 Å². The number of aromatic carboxylic acids is 4. The molecule has 0 aromatic heterocycles. The van der Waals surface area contributed by atoms with Crippen LogP contribution in [0.2, 0.25) is 0 Å². The molecule has 0 saturated heterocycles. The van der Waals surface area contributed by atoms with Crippen molar-refractivity contribution in [3.8, 4) is 0 Å². The zero-order chi connectivity index (χ0) is 31.8. The van der Waals surface area contributed by atoms with E-state index in [0.717, 1.165) is 25.3 Å². The fraction of sp³-hybridized carbons (Fsp3) is 0.333. The third kappa shape index (κ3) is 21.8. The smallest absolute Gasteiger partial charge is 0.335 e. The first-order valence-corrected chi connectivity index (χ1v) is 12.0. The lowest BCUT2D eigenvalue weighted by Crippen LogP contribution is -2.01. The molecule has 0 bridgehead atoms. The molecule has 2 aromatic carbocycles. The van der Waals surface area contributed by atoms with Gasteiger partial charge in [-0.2, -0.15) is 0 Å². The minimum Gasteiger partial charge on any atom is -0.481 e. The number of rotatable bonds is 13. The highest BCUT2D eigenvalue weighted by molar-refractivity contribution is 5.93. The molecule has 14 heteroatoms. The molecule has 0 spiro atoms. The van der Waals surface area contributed by atoms with Crippen LogP contribution in [0.5, 0.6) is 0 Å². The van der Waals surface area contributed by atoms with Gasteiger partial charge >= 0.3 is 35.8 Å². The van der Waals surface area contributed by atoms with Gasteiger partial charge in [0.1, 0.15) is 0 Å². The summed E-state index contributed by atoms with van der Waals surface area (Å²) >= 11 is 0. The van der Waals surface area contributed by atoms with Gasteiger partial charge in [0.2, 0.25) is 0 Å². The van der Waals surface area contributed by atoms with Crippen molar-refractivity contribution in [1.29, 1.82) is 0 Å². The van der Waals surface area contributed by atoms with Crippen molar-refractivity contribution in [1.82, 2.24) is 0 Å². The van der Waals surface area contributed by atoms with Crippen molar-refractivity contribution in [3.05, 3.63) is 70.8 Å². The first-order chi connectivity index (χ1) is 19.3. The molecule has 0 fully saturated rings. The zero-order valence-corrected chi connectivity index (χ0v) is 22.0. The topological polar surface area (TPSA) is 264 Å². The number of benzene rings is 2. The highest BCUT2D eigenvalue weighted by atomic mass is 16.4. The number of carboxylic acids is 6. The van der Waals surface area contributed by atoms with Crippen molar-refractivity contribution in [2.45, 2.75) is 44.9 Å². The number of carboxylic acid groups (broad SMARTS) is 6. The van der Waals surface area contributed by atoms with Gasteiger partial charge in [0.25, 0.3) is 0 Å². The summed E-state index contributed by atoms with van der Waals surface area (Å²) in [6.07, 6.45) is 4.53. The summed E-state index contributed by atoms with van der Waals surface area (Å²) in [5.41, 5.74) is 0.129. The molecular formula is C27H34O14. The molecule has 0 radical (unpaired) electrons. The van der Waals surface area contributed by atoms with Gasteiger partial charge in [-0.1, -0.05) is 25.3 Å². The molecular weight excluding hydrogens is 548 g/mol. The summed E-state index contributed by atoms with van der Waals surface area (Å²) < 4.78 is 0. The van der Waals surface area contributed by atoms with Gasteiger partial charge in [-0.05, 0) is 55.3 Å². The summed E-state index contributed by atoms with van der Waals surface area (Å²) in [4.78, 5) is 61.6. The monoisotopic (exact) mass is 582 g/mol. The van der Waals surface area contributed by atoms with Crippen molar-refractivity contribution in [2.75, 3.05) is 13.2 Å². The molecule has 0 unspecified atom stereocenters. The number of hydrogen-bond donors (Lipinski definition) is 8. The largest absolute Gasteiger partial charge is 0.481 e. The van der Waals surface area contributed by atoms with Crippen LogP contribution in [0.25, 0.3) is 0 Å². The van der Waals surface area contributed by atoms with Gasteiger partial charge in [0, 0.05) is 12.8 Å². The van der Waals surface area contributed by atoms with E-state index in [2.05, 4.69) is 0 Å². The van der Waals surface area contributed by atoms with Gasteiger partial charge in [-0.3, -0.25) is 9.59 Å². The molecule has 226 valence electrons. The Morgan fingerprint density at radius 2 is 0.732 bits per heavy atom. The number of hydrogen-bond acceptors (Lipinski definition) is 8. The van der Waals surface area contributed by atoms with Gasteiger partial charge < -0.3 is 40.9 Å². The second kappa shape index (κ2) is 23.1. The van der Waals surface area contributed by atoms with Crippen LogP contribution in [0.4, 0.5) is 0 Å². The predicted octanol–water partition coefficient (Wildman–Crippen LogP) is 3.02. The number of aliphatic hydroxyl groups is 2. The third-order valence-electron chi connectivity index (χ3n) is 4.62. The molecule has 2 aromatic rings. The van der Waals surface area contributed by atoms with Crippen LogP contribution in [0.1, 0.15) is 86.4 Å². The number of unbranched alkanes of at least 4 members (excludes halogenated alkanes) is 4. The summed E-state index contributed by atoms with van der Waals surface area (Å²) in [6, 6.07) is 10.2. The molecule has 0 aliphatic rings. The summed E-state index contributed by atoms with van der Waals surface area (Å²) in [5.74, 6) is -5.90. The Morgan fingerprint density at radius 3 is 0.976 bits per heavy atom. The Labute approximate surface area is 234 Å². The van der Waals surface area contributed by atoms with Crippen LogP contribution < -0.4 is 0 Å². The lowest BCUT2D eigenvalue weighted by molar-refractivity contribution is -0.138. The van der Waals surface area contributed by atoms with Crippen LogP contribution in [-0.4, -0.2) is 89.9 Å². The van der Waals surface area contributed by atoms with Gasteiger partial charge in [-0.25, -0.2) is 19.2 Å². The molecule has 0 amide bonds. The van der Waals surface area contributed by atoms with E-state index in [1.165, 1.54) is 42.5 Å². The van der Waals surface area contributed by atoms with E-state index < -0.39 is 35.8 Å². The molecule has 0 atom stereocenters. The Bertz CT molecular complexity index is 1030. The average molecular weight is 583 g/mol. The van der Waals surface area contributed by atoms with E-state index in [-0.39, 0.29) is 48.3 Å². The summed E-state index contributed by atoms with van der Waals surface area (Å²) in [5, 5.41) is 65.8. The van der Waals surface area contributed by atoms with Crippen molar-refractivity contribution in [2.24, 2.45) is 0 Å². The SMILES string of the molecule is O=C(O)CCCCCCCC(=O)O.O=C(O)c1ccc(C(=O)O)cc1.O=C(O)c1cccc(C(=O)O)c1.OCCO. The van der Waals surface area contributed by atoms with E-state index in [9.17, 15) is 28.8 Å². The molecule has 41 heavy (non-hydrogen) atoms. The van der Waals surface area contributed by atoms with Gasteiger partial charge in [0.05, 0.1) is 35.5 Å². The maximum Gasteiger partial charge on any atom is 0.335 e. The molecule has 2 rings (SSSR count). The van der Waals surface area contributed by atoms with Gasteiger partial charge in [0.15, 0.2) is 0 Å². The number of aliphatic hydroxyl groups excluding tert-OH is 2. The van der Waals surface area contributed by atoms with Crippen molar-refractivity contribution < 1.29 is 69.6 Å². The standard InChI is InChI=1S/C9H16O4.2C8H6O4.C2H6O2/c10-8(11)6-4-2-1-3-5-7-9(12)13;9-7(10)5-1-2-6(4-3-5)8(11)12;9-7(10)5-2-1-3-6(4-5)8(11)12;3-1-2-4/h1-7H2,(H,10,11)(H,12,13);2*1-4H,(H,9,10)(H,11,12);3-4H,1-2H2. The van der Waals surface area contributed by atoms with Gasteiger partial charge in [-0.15, -0.1) is 0 Å². The molecule has 0 aliphatic carbocycles. The lowest BCUT2D eigenvalue weighted by Gasteiger charge is -1.97. The van der Waals surface area contributed by atoms with Crippen molar-refractivity contribution >= 4 is 35.8 Å². The minimum absolute atomic E-state index is 0.0186. The fourth-order valence-corrected chi connectivity index (χ4v) is 2.62. The maximum atomic E-state index is 10.4. The van der Waals surface area contributed by atoms with E-state index in [1.54, 1.807) is 0 Å². The highest BCUT2D eigenvalue weighted by Crippen LogP contribution is 2.07. The van der Waals surface area contributed by atoms with Crippen LogP contribution >= 0.6 is 0 Å². The Kier molecular flexibility index (Phi) is 21.6. The van der Waals surface area contributed by atoms with Crippen LogP contribution in [0, 0.1) is 0 Å². The normalized spacial score (nSPS) is 9.32. The Balaban J connectivity index is 0. The number of aliphatic carboxylic acids is 2. The van der Waals surface area contributed by atoms with E-state index in [0.29, 0.717) is 12.8 Å². The fourth-order valence-electron chi connectivity index (χ4n) is 2.62. The zero-order valence-electron chi connectivity index (χ0n) is 22.0. The predicted molar refractivity (Wildman–Crippen MR) is 142 cm³/mol. The van der Waals surface area contributed by atoms with E-state index >= 15 is 0 Å². The second-order valence-electron chi connectivity index (χ2n) is 7.88. The van der Waals surface area contributed by atoms with E-state index in [1.807, 2.05) is 0 Å². The average Bonchev–Trinajstić information content (AvgIpc) is 2.93. The van der Waals surface area contributed by atoms with Crippen LogP contribution in [0.15, 0.2) is 48.5 Å². The highest BCUT2D eigenvalue weighted by Gasteiger charge is 2.07. The summed E-state index contributed by atoms with van der Waals surface area (Å²) in [6.45, 7) is -0.250. The Morgan fingerprint density at radius 1 is 0.439 bits per heavy atom. The quantitative estimate of drug-likeness (QED) is 0.158. The maximum absolute atomic E-state index is 10.4. The molecule has 0 aliphatic heterocycles. The molecule has 0 heterocycles. The number of carbonyl (C=O) groups is 6. The Hall–Kier alpha value is -4.82. The summed E-state index contributed by atoms with van der Waals surface area (Å²) in [7, 11) is 0. The first kappa shape index (κ1) is 38.3. The molecule has 14 nitrogen and oxygen atoms in total. The van der Waals surface area contributed by atoms with E-state index in [4.69, 9.17) is 40.9 Å². The third-order valence-corrected chi connectivity index (χ3v) is 4.62.